The fourth-order valence-electron chi connectivity index (χ4n) is 7.65. The molecule has 8 rings (SSSR count). The van der Waals surface area contributed by atoms with Crippen LogP contribution < -0.4 is 21.3 Å². The molecule has 13 nitrogen and oxygen atoms in total. The van der Waals surface area contributed by atoms with Crippen LogP contribution in [0.2, 0.25) is 0 Å². The Morgan fingerprint density at radius 3 is 2.43 bits per heavy atom. The van der Waals surface area contributed by atoms with Crippen LogP contribution in [0.1, 0.15) is 107 Å². The van der Waals surface area contributed by atoms with Gasteiger partial charge in [-0.15, -0.1) is 0 Å². The Hall–Kier alpha value is -6.03. The van der Waals surface area contributed by atoms with E-state index in [1.165, 1.54) is 25.7 Å². The van der Waals surface area contributed by atoms with Crippen molar-refractivity contribution in [2.24, 2.45) is 11.7 Å². The summed E-state index contributed by atoms with van der Waals surface area (Å²) in [5.74, 6) is 5.01. The van der Waals surface area contributed by atoms with Gasteiger partial charge in [0.25, 0.3) is 11.8 Å². The molecular weight excluding hydrogens is 685 g/mol. The van der Waals surface area contributed by atoms with Gasteiger partial charge in [-0.3, -0.25) is 34.2 Å². The van der Waals surface area contributed by atoms with Crippen molar-refractivity contribution >= 4 is 46.7 Å². The summed E-state index contributed by atoms with van der Waals surface area (Å²) < 4.78 is 1.91. The van der Waals surface area contributed by atoms with Crippen molar-refractivity contribution in [2.45, 2.75) is 83.2 Å². The van der Waals surface area contributed by atoms with E-state index in [0.717, 1.165) is 66.5 Å². The number of anilines is 2. The number of hydrogen-bond acceptors (Lipinski definition) is 9. The number of amides is 5. The van der Waals surface area contributed by atoms with Crippen LogP contribution in [0.4, 0.5) is 11.5 Å². The molecule has 2 saturated heterocycles. The number of aryl methyl sites for hydroxylation is 1. The molecule has 3 aliphatic heterocycles. The number of piperidine rings is 2. The van der Waals surface area contributed by atoms with Crippen molar-refractivity contribution in [3.05, 3.63) is 88.7 Å². The molecule has 1 atom stereocenters. The molecule has 13 heteroatoms. The SMILES string of the molecule is CCCc1cc(NC2CCCC2)n2nccc2n1.NC(=O)c1ccc(N2CCC(C#Cc3cccc4c3C(=O)N(C3CCC(=O)NC3=O)C4=O)CC2)cc1. The third-order valence-electron chi connectivity index (χ3n) is 10.5. The van der Waals surface area contributed by atoms with Crippen LogP contribution in [0, 0.1) is 17.8 Å². The largest absolute Gasteiger partial charge is 0.371 e. The van der Waals surface area contributed by atoms with Crippen LogP contribution >= 0.6 is 0 Å². The quantitative estimate of drug-likeness (QED) is 0.183. The van der Waals surface area contributed by atoms with E-state index in [1.54, 1.807) is 30.3 Å². The summed E-state index contributed by atoms with van der Waals surface area (Å²) in [4.78, 5) is 69.1. The van der Waals surface area contributed by atoms with E-state index in [0.29, 0.717) is 17.2 Å². The summed E-state index contributed by atoms with van der Waals surface area (Å²) in [6.07, 6.45) is 11.0. The first-order chi connectivity index (χ1) is 26.2. The third-order valence-corrected chi connectivity index (χ3v) is 10.5. The zero-order valence-electron chi connectivity index (χ0n) is 30.3. The molecule has 4 aromatic rings. The number of nitrogens with two attached hydrogens (primary N) is 1. The molecule has 0 radical (unpaired) electrons. The van der Waals surface area contributed by atoms with Crippen molar-refractivity contribution < 1.29 is 24.0 Å². The van der Waals surface area contributed by atoms with Gasteiger partial charge in [-0.25, -0.2) is 4.98 Å². The number of nitrogens with one attached hydrogen (secondary N) is 2. The summed E-state index contributed by atoms with van der Waals surface area (Å²) in [6, 6.07) is 15.9. The van der Waals surface area contributed by atoms with Gasteiger partial charge in [0.1, 0.15) is 11.9 Å². The predicted molar refractivity (Wildman–Crippen MR) is 203 cm³/mol. The molecule has 3 fully saturated rings. The van der Waals surface area contributed by atoms with Gasteiger partial charge >= 0.3 is 0 Å². The maximum atomic E-state index is 13.2. The van der Waals surface area contributed by atoms with Gasteiger partial charge in [-0.2, -0.15) is 9.61 Å². The van der Waals surface area contributed by atoms with E-state index in [2.05, 4.69) is 50.4 Å². The normalized spacial score (nSPS) is 18.9. The van der Waals surface area contributed by atoms with Gasteiger partial charge < -0.3 is 16.0 Å². The third kappa shape index (κ3) is 7.69. The van der Waals surface area contributed by atoms with Crippen LogP contribution in [0.15, 0.2) is 60.8 Å². The lowest BCUT2D eigenvalue weighted by Crippen LogP contribution is -2.54. The van der Waals surface area contributed by atoms with Crippen molar-refractivity contribution in [2.75, 3.05) is 23.3 Å². The highest BCUT2D eigenvalue weighted by Gasteiger charge is 2.45. The second-order valence-corrected chi connectivity index (χ2v) is 14.2. The second kappa shape index (κ2) is 15.9. The standard InChI is InChI=1S/C27H24N4O5.C14H20N4/c28-24(33)18-6-8-19(9-7-18)30-14-12-16(13-15-30)4-5-17-2-1-3-20-23(17)27(36)31(26(20)35)21-10-11-22(32)29-25(21)34;1-2-5-12-10-14(16-11-6-3-4-7-11)18-13(17-12)8-9-15-18/h1-3,6-9,16,21H,10-15H2,(H2,28,33)(H,29,32,34);8-11,16H,2-7H2,1H3. The first-order valence-electron chi connectivity index (χ1n) is 18.8. The van der Waals surface area contributed by atoms with E-state index in [4.69, 9.17) is 5.73 Å². The Labute approximate surface area is 313 Å². The van der Waals surface area contributed by atoms with Crippen LogP contribution in [0.5, 0.6) is 0 Å². The number of primary amides is 1. The number of nitrogens with zero attached hydrogens (tertiary/aromatic N) is 5. The molecule has 1 unspecified atom stereocenters. The van der Waals surface area contributed by atoms with E-state index < -0.39 is 35.6 Å². The summed E-state index contributed by atoms with van der Waals surface area (Å²) in [6.45, 7) is 3.78. The number of fused-ring (bicyclic) bond motifs is 2. The average Bonchev–Trinajstić information content (AvgIpc) is 3.93. The number of imide groups is 2. The molecule has 0 spiro atoms. The van der Waals surface area contributed by atoms with Gasteiger partial charge in [0.2, 0.25) is 17.7 Å². The van der Waals surface area contributed by atoms with Crippen LogP contribution in [-0.4, -0.2) is 74.2 Å². The summed E-state index contributed by atoms with van der Waals surface area (Å²) in [5, 5.41) is 10.2. The van der Waals surface area contributed by atoms with Gasteiger partial charge in [0.05, 0.1) is 17.3 Å². The minimum atomic E-state index is -1.00. The molecule has 2 aromatic carbocycles. The van der Waals surface area contributed by atoms with Crippen molar-refractivity contribution in [1.29, 1.82) is 0 Å². The highest BCUT2D eigenvalue weighted by Crippen LogP contribution is 2.30. The lowest BCUT2D eigenvalue weighted by Gasteiger charge is -2.31. The Balaban J connectivity index is 0.000000208. The molecule has 2 aromatic heterocycles. The Morgan fingerprint density at radius 1 is 0.963 bits per heavy atom. The fraction of sp³-hybridized carbons (Fsp3) is 0.390. The summed E-state index contributed by atoms with van der Waals surface area (Å²) in [7, 11) is 0. The number of carbonyl (C=O) groups excluding carboxylic acids is 5. The number of benzene rings is 2. The molecule has 278 valence electrons. The minimum Gasteiger partial charge on any atom is -0.371 e. The van der Waals surface area contributed by atoms with Crippen LogP contribution in [0.3, 0.4) is 0 Å². The average molecular weight is 729 g/mol. The number of carbonyl (C=O) groups is 5. The maximum absolute atomic E-state index is 13.2. The number of rotatable bonds is 7. The van der Waals surface area contributed by atoms with Gasteiger partial charge in [0.15, 0.2) is 5.65 Å². The zero-order valence-corrected chi connectivity index (χ0v) is 30.3. The van der Waals surface area contributed by atoms with Gasteiger partial charge in [-0.1, -0.05) is 44.1 Å². The zero-order chi connectivity index (χ0) is 37.8. The Bertz CT molecular complexity index is 2150. The van der Waals surface area contributed by atoms with Gasteiger partial charge in [-0.05, 0) is 74.9 Å². The van der Waals surface area contributed by atoms with E-state index in [9.17, 15) is 24.0 Å². The smallest absolute Gasteiger partial charge is 0.263 e. The van der Waals surface area contributed by atoms with E-state index in [-0.39, 0.29) is 29.9 Å². The molecule has 5 amide bonds. The minimum absolute atomic E-state index is 0.0739. The van der Waals surface area contributed by atoms with E-state index in [1.807, 2.05) is 28.9 Å². The van der Waals surface area contributed by atoms with Crippen LogP contribution in [-0.2, 0) is 16.0 Å². The fourth-order valence-corrected chi connectivity index (χ4v) is 7.65. The molecule has 4 N–H and O–H groups in total. The van der Waals surface area contributed by atoms with Gasteiger partial charge in [0, 0.05) is 66.1 Å². The summed E-state index contributed by atoms with van der Waals surface area (Å²) >= 11 is 0. The summed E-state index contributed by atoms with van der Waals surface area (Å²) in [5.41, 5.74) is 9.81. The Morgan fingerprint density at radius 2 is 1.72 bits per heavy atom. The first kappa shape index (κ1) is 36.3. The predicted octanol–water partition coefficient (Wildman–Crippen LogP) is 4.49. The molecule has 0 bridgehead atoms. The molecule has 4 aliphatic rings. The first-order valence-corrected chi connectivity index (χ1v) is 18.8. The molecule has 5 heterocycles. The lowest BCUT2D eigenvalue weighted by atomic mass is 9.95. The molecular formula is C41H44N8O5. The molecule has 1 aliphatic carbocycles. The van der Waals surface area contributed by atoms with Crippen molar-refractivity contribution in [3.63, 3.8) is 0 Å². The van der Waals surface area contributed by atoms with E-state index >= 15 is 0 Å². The van der Waals surface area contributed by atoms with Crippen molar-refractivity contribution in [1.82, 2.24) is 24.8 Å². The highest BCUT2D eigenvalue weighted by molar-refractivity contribution is 6.24. The number of hydrogen-bond donors (Lipinski definition) is 3. The van der Waals surface area contributed by atoms with Crippen LogP contribution in [0.25, 0.3) is 5.65 Å². The monoisotopic (exact) mass is 728 g/mol. The second-order valence-electron chi connectivity index (χ2n) is 14.2. The maximum Gasteiger partial charge on any atom is 0.263 e. The molecule has 54 heavy (non-hydrogen) atoms. The highest BCUT2D eigenvalue weighted by atomic mass is 16.2. The Kier molecular flexibility index (Phi) is 10.7. The van der Waals surface area contributed by atoms with Crippen molar-refractivity contribution in [3.8, 4) is 11.8 Å². The topological polar surface area (TPSA) is 172 Å². The number of aromatic nitrogens is 3. The lowest BCUT2D eigenvalue weighted by molar-refractivity contribution is -0.136. The molecule has 1 saturated carbocycles.